The maximum absolute atomic E-state index is 12.4. The van der Waals surface area contributed by atoms with Crippen molar-refractivity contribution in [2.75, 3.05) is 26.4 Å². The van der Waals surface area contributed by atoms with Crippen molar-refractivity contribution in [2.45, 2.75) is 64.9 Å². The molecule has 1 N–H and O–H groups in total. The highest BCUT2D eigenvalue weighted by molar-refractivity contribution is 6.02. The van der Waals surface area contributed by atoms with Gasteiger partial charge in [-0.2, -0.15) is 0 Å². The summed E-state index contributed by atoms with van der Waals surface area (Å²) in [6.07, 6.45) is 8.95. The average Bonchev–Trinajstić information content (AvgIpc) is 3.42. The van der Waals surface area contributed by atoms with Gasteiger partial charge in [0.25, 0.3) is 0 Å². The van der Waals surface area contributed by atoms with Gasteiger partial charge in [-0.15, -0.1) is 0 Å². The van der Waals surface area contributed by atoms with Crippen LogP contribution in [0.2, 0.25) is 0 Å². The van der Waals surface area contributed by atoms with E-state index in [1.54, 1.807) is 6.08 Å². The fourth-order valence-electron chi connectivity index (χ4n) is 9.96. The third kappa shape index (κ3) is 2.33. The van der Waals surface area contributed by atoms with Crippen molar-refractivity contribution < 1.29 is 24.2 Å². The minimum Gasteiger partial charge on any atom is -0.393 e. The molecule has 0 aromatic heterocycles. The van der Waals surface area contributed by atoms with Crippen molar-refractivity contribution in [1.82, 2.24) is 0 Å². The van der Waals surface area contributed by atoms with E-state index in [2.05, 4.69) is 13.8 Å². The molecule has 0 amide bonds. The molecule has 2 spiro atoms. The third-order valence-electron chi connectivity index (χ3n) is 11.4. The van der Waals surface area contributed by atoms with E-state index in [1.807, 2.05) is 0 Å². The number of allylic oxidation sites excluding steroid dienone is 1. The van der Waals surface area contributed by atoms with E-state index in [0.717, 1.165) is 58.4 Å². The minimum atomic E-state index is -0.551. The Hall–Kier alpha value is -1.04. The van der Waals surface area contributed by atoms with Gasteiger partial charge in [0.15, 0.2) is 5.78 Å². The van der Waals surface area contributed by atoms with Crippen LogP contribution >= 0.6 is 0 Å². The number of hydrogen-bond donors (Lipinski definition) is 1. The van der Waals surface area contributed by atoms with Crippen LogP contribution < -0.4 is 0 Å². The lowest BCUT2D eigenvalue weighted by atomic mass is 9.41. The van der Waals surface area contributed by atoms with E-state index >= 15 is 0 Å². The number of aliphatic hydroxyl groups is 1. The number of aldehydes is 1. The van der Waals surface area contributed by atoms with Crippen LogP contribution in [0.5, 0.6) is 0 Å². The van der Waals surface area contributed by atoms with E-state index in [9.17, 15) is 14.7 Å². The molecule has 5 unspecified atom stereocenters. The summed E-state index contributed by atoms with van der Waals surface area (Å²) >= 11 is 0. The molecule has 170 valence electrons. The molecule has 0 aromatic carbocycles. The molecule has 5 heteroatoms. The molecule has 3 saturated carbocycles. The van der Waals surface area contributed by atoms with Crippen molar-refractivity contribution in [3.05, 3.63) is 11.6 Å². The first kappa shape index (κ1) is 20.6. The second kappa shape index (κ2) is 6.51. The lowest BCUT2D eigenvalue weighted by molar-refractivity contribution is -0.166. The van der Waals surface area contributed by atoms with Gasteiger partial charge in [-0.3, -0.25) is 4.79 Å². The first-order valence-corrected chi connectivity index (χ1v) is 12.3. The lowest BCUT2D eigenvalue weighted by Gasteiger charge is -2.63. The predicted octanol–water partition coefficient (Wildman–Crippen LogP) is 3.34. The highest BCUT2D eigenvalue weighted by atomic mass is 16.5. The number of hydrogen-bond acceptors (Lipinski definition) is 5. The molecular formula is C26H36O5. The number of carbonyl (C=O) groups is 2. The minimum absolute atomic E-state index is 0.0397. The van der Waals surface area contributed by atoms with Gasteiger partial charge in [-0.05, 0) is 79.6 Å². The van der Waals surface area contributed by atoms with Gasteiger partial charge in [0, 0.05) is 17.4 Å². The number of fused-ring (bicyclic) bond motifs is 7. The molecule has 5 nitrogen and oxygen atoms in total. The van der Waals surface area contributed by atoms with Crippen LogP contribution in [0.4, 0.5) is 0 Å². The van der Waals surface area contributed by atoms with Crippen molar-refractivity contribution in [2.24, 2.45) is 45.3 Å². The number of ether oxygens (including phenoxy) is 2. The summed E-state index contributed by atoms with van der Waals surface area (Å²) in [7, 11) is 0. The van der Waals surface area contributed by atoms with Crippen molar-refractivity contribution in [3.8, 4) is 0 Å². The average molecular weight is 429 g/mol. The standard InChI is InChI=1S/C26H36O5/c1-23-10-16(12-27)20(28)9-17(23)3-4-18-19-5-6-26(24(19,2)11-21(29)22(18)23)15-31-14-25(26)7-8-30-13-25/h9,12,16,18-19,21-22,29H,3-8,10-11,13-15H2,1-2H3/t16?,18?,19?,21-,22?,23-,24-,25?,26+/m0/s1. The smallest absolute Gasteiger partial charge is 0.165 e. The van der Waals surface area contributed by atoms with Gasteiger partial charge in [0.2, 0.25) is 0 Å². The molecule has 6 aliphatic rings. The molecule has 0 radical (unpaired) electrons. The van der Waals surface area contributed by atoms with Crippen molar-refractivity contribution in [1.29, 1.82) is 0 Å². The number of rotatable bonds is 1. The molecule has 2 heterocycles. The molecule has 2 saturated heterocycles. The van der Waals surface area contributed by atoms with Gasteiger partial charge in [-0.1, -0.05) is 19.4 Å². The monoisotopic (exact) mass is 428 g/mol. The van der Waals surface area contributed by atoms with Crippen LogP contribution in [0, 0.1) is 45.3 Å². The molecule has 0 aromatic rings. The molecule has 4 aliphatic carbocycles. The zero-order valence-corrected chi connectivity index (χ0v) is 18.9. The fourth-order valence-corrected chi connectivity index (χ4v) is 9.96. The van der Waals surface area contributed by atoms with Gasteiger partial charge in [0.1, 0.15) is 6.29 Å². The van der Waals surface area contributed by atoms with E-state index < -0.39 is 12.0 Å². The Balaban J connectivity index is 1.40. The summed E-state index contributed by atoms with van der Waals surface area (Å²) in [5.74, 6) is 0.545. The van der Waals surface area contributed by atoms with Crippen LogP contribution in [0.3, 0.4) is 0 Å². The summed E-state index contributed by atoms with van der Waals surface area (Å²) in [6, 6.07) is 0. The molecule has 6 rings (SSSR count). The molecular weight excluding hydrogens is 392 g/mol. The number of carbonyl (C=O) groups excluding carboxylic acids is 2. The summed E-state index contributed by atoms with van der Waals surface area (Å²) in [6.45, 7) is 7.90. The molecule has 31 heavy (non-hydrogen) atoms. The lowest BCUT2D eigenvalue weighted by Crippen LogP contribution is -2.61. The van der Waals surface area contributed by atoms with Crippen LogP contribution in [0.1, 0.15) is 58.8 Å². The van der Waals surface area contributed by atoms with Crippen LogP contribution in [0.25, 0.3) is 0 Å². The Labute approximate surface area is 184 Å². The second-order valence-corrected chi connectivity index (χ2v) is 12.2. The van der Waals surface area contributed by atoms with E-state index in [0.29, 0.717) is 18.3 Å². The molecule has 0 bridgehead atoms. The summed E-state index contributed by atoms with van der Waals surface area (Å²) in [5.41, 5.74) is 1.17. The maximum atomic E-state index is 12.4. The van der Waals surface area contributed by atoms with Crippen LogP contribution in [0.15, 0.2) is 11.6 Å². The largest absolute Gasteiger partial charge is 0.393 e. The van der Waals surface area contributed by atoms with Gasteiger partial charge in [0.05, 0.1) is 31.8 Å². The molecule has 5 fully saturated rings. The summed E-state index contributed by atoms with van der Waals surface area (Å²) in [4.78, 5) is 24.1. The zero-order valence-electron chi connectivity index (χ0n) is 18.9. The van der Waals surface area contributed by atoms with Gasteiger partial charge < -0.3 is 19.4 Å². The summed E-state index contributed by atoms with van der Waals surface area (Å²) in [5, 5.41) is 11.7. The van der Waals surface area contributed by atoms with Crippen LogP contribution in [-0.4, -0.2) is 49.7 Å². The first-order valence-electron chi connectivity index (χ1n) is 12.3. The highest BCUT2D eigenvalue weighted by Gasteiger charge is 2.73. The third-order valence-corrected chi connectivity index (χ3v) is 11.4. The first-order chi connectivity index (χ1) is 14.8. The zero-order chi connectivity index (χ0) is 21.6. The topological polar surface area (TPSA) is 72.8 Å². The molecule has 2 aliphatic heterocycles. The Morgan fingerprint density at radius 2 is 1.90 bits per heavy atom. The molecule has 9 atom stereocenters. The van der Waals surface area contributed by atoms with Crippen molar-refractivity contribution in [3.63, 3.8) is 0 Å². The Morgan fingerprint density at radius 1 is 1.10 bits per heavy atom. The van der Waals surface area contributed by atoms with Crippen molar-refractivity contribution >= 4 is 12.1 Å². The number of ketones is 1. The van der Waals surface area contributed by atoms with Gasteiger partial charge in [-0.25, -0.2) is 0 Å². The van der Waals surface area contributed by atoms with Crippen LogP contribution in [-0.2, 0) is 19.1 Å². The van der Waals surface area contributed by atoms with E-state index in [1.165, 1.54) is 18.4 Å². The fraction of sp³-hybridized carbons (Fsp3) is 0.846. The Bertz CT molecular complexity index is 837. The predicted molar refractivity (Wildman–Crippen MR) is 114 cm³/mol. The van der Waals surface area contributed by atoms with E-state index in [4.69, 9.17) is 9.47 Å². The normalized spacial score (nSPS) is 55.8. The second-order valence-electron chi connectivity index (χ2n) is 12.2. The number of aliphatic hydroxyl groups excluding tert-OH is 1. The quantitative estimate of drug-likeness (QED) is 0.512. The maximum Gasteiger partial charge on any atom is 0.165 e. The summed E-state index contributed by atoms with van der Waals surface area (Å²) < 4.78 is 12.1. The highest BCUT2D eigenvalue weighted by Crippen LogP contribution is 2.75. The SMILES string of the molecule is C[C@]12CC(C=O)C(=O)C=C1CCC1C2[C@@H](O)C[C@@]2(C)C1CC[C@@]21COCC12CCOC2. The Morgan fingerprint density at radius 3 is 2.65 bits per heavy atom. The Kier molecular flexibility index (Phi) is 4.32. The van der Waals surface area contributed by atoms with E-state index in [-0.39, 0.29) is 33.4 Å². The van der Waals surface area contributed by atoms with Gasteiger partial charge >= 0.3 is 0 Å².